The Morgan fingerprint density at radius 1 is 1.19 bits per heavy atom. The monoisotopic (exact) mass is 370 g/mol. The number of guanidine groups is 1. The highest BCUT2D eigenvalue weighted by atomic mass is 19.1. The second-order valence-corrected chi connectivity index (χ2v) is 6.74. The number of aromatic nitrogens is 1. The van der Waals surface area contributed by atoms with Crippen LogP contribution in [0.2, 0.25) is 0 Å². The molecule has 3 rings (SSSR count). The number of halogens is 1. The summed E-state index contributed by atoms with van der Waals surface area (Å²) >= 11 is 0. The molecule has 144 valence electrons. The molecule has 2 heterocycles. The summed E-state index contributed by atoms with van der Waals surface area (Å²) in [6.07, 6.45) is 1.82. The van der Waals surface area contributed by atoms with Crippen molar-refractivity contribution in [3.05, 3.63) is 54.0 Å². The molecular formula is C20H27FN6. The molecule has 0 radical (unpaired) electrons. The van der Waals surface area contributed by atoms with Gasteiger partial charge in [-0.05, 0) is 29.8 Å². The summed E-state index contributed by atoms with van der Waals surface area (Å²) in [7, 11) is 5.45. The molecule has 1 aromatic heterocycles. The van der Waals surface area contributed by atoms with Gasteiger partial charge in [0.05, 0.1) is 5.69 Å². The van der Waals surface area contributed by atoms with Crippen molar-refractivity contribution < 1.29 is 4.39 Å². The van der Waals surface area contributed by atoms with Gasteiger partial charge in [-0.1, -0.05) is 12.1 Å². The number of nitrogens with zero attached hydrogens (tertiary/aromatic N) is 5. The predicted molar refractivity (Wildman–Crippen MR) is 109 cm³/mol. The first-order valence-electron chi connectivity index (χ1n) is 9.16. The van der Waals surface area contributed by atoms with Crippen molar-refractivity contribution in [1.82, 2.24) is 15.2 Å². The second kappa shape index (κ2) is 8.70. The minimum atomic E-state index is -0.210. The summed E-state index contributed by atoms with van der Waals surface area (Å²) in [4.78, 5) is 15.1. The van der Waals surface area contributed by atoms with Gasteiger partial charge in [0.2, 0.25) is 0 Å². The fraction of sp³-hybridized carbons (Fsp3) is 0.400. The first-order chi connectivity index (χ1) is 13.1. The van der Waals surface area contributed by atoms with E-state index in [4.69, 9.17) is 0 Å². The minimum absolute atomic E-state index is 0.210. The third-order valence-electron chi connectivity index (χ3n) is 4.71. The van der Waals surface area contributed by atoms with Gasteiger partial charge in [0, 0.05) is 60.1 Å². The van der Waals surface area contributed by atoms with Gasteiger partial charge < -0.3 is 20.0 Å². The van der Waals surface area contributed by atoms with Gasteiger partial charge >= 0.3 is 0 Å². The lowest BCUT2D eigenvalue weighted by Gasteiger charge is -2.37. The Labute approximate surface area is 160 Å². The fourth-order valence-corrected chi connectivity index (χ4v) is 3.22. The summed E-state index contributed by atoms with van der Waals surface area (Å²) in [5.41, 5.74) is 1.49. The van der Waals surface area contributed by atoms with E-state index in [9.17, 15) is 4.39 Å². The van der Waals surface area contributed by atoms with Crippen molar-refractivity contribution in [3.8, 4) is 0 Å². The number of hydrogen-bond donors (Lipinski definition) is 1. The van der Waals surface area contributed by atoms with Crippen LogP contribution in [0.15, 0.2) is 47.6 Å². The maximum atomic E-state index is 14.1. The third-order valence-corrected chi connectivity index (χ3v) is 4.71. The number of piperazine rings is 1. The summed E-state index contributed by atoms with van der Waals surface area (Å²) in [5, 5.41) is 3.35. The first-order valence-corrected chi connectivity index (χ1v) is 9.16. The maximum absolute atomic E-state index is 14.1. The standard InChI is InChI=1S/C20H27FN6/c1-22-20(24-15-16-7-8-18(25(2)3)17(21)14-16)27-12-10-26(11-13-27)19-6-4-5-9-23-19/h4-9,14H,10-13,15H2,1-3H3,(H,22,24). The molecule has 1 saturated heterocycles. The Kier molecular flexibility index (Phi) is 6.11. The van der Waals surface area contributed by atoms with Crippen molar-refractivity contribution in [2.45, 2.75) is 6.54 Å². The maximum Gasteiger partial charge on any atom is 0.194 e. The zero-order valence-electron chi connectivity index (χ0n) is 16.2. The van der Waals surface area contributed by atoms with E-state index >= 15 is 0 Å². The van der Waals surface area contributed by atoms with Crippen molar-refractivity contribution in [2.75, 3.05) is 57.1 Å². The highest BCUT2D eigenvalue weighted by Gasteiger charge is 2.20. The van der Waals surface area contributed by atoms with Crippen molar-refractivity contribution >= 4 is 17.5 Å². The van der Waals surface area contributed by atoms with Gasteiger partial charge in [-0.3, -0.25) is 4.99 Å². The lowest BCUT2D eigenvalue weighted by Crippen LogP contribution is -2.52. The molecule has 0 amide bonds. The van der Waals surface area contributed by atoms with Gasteiger partial charge in [-0.25, -0.2) is 9.37 Å². The van der Waals surface area contributed by atoms with Crippen LogP contribution in [-0.2, 0) is 6.54 Å². The summed E-state index contributed by atoms with van der Waals surface area (Å²) in [6, 6.07) is 11.3. The lowest BCUT2D eigenvalue weighted by molar-refractivity contribution is 0.371. The molecule has 27 heavy (non-hydrogen) atoms. The smallest absolute Gasteiger partial charge is 0.194 e. The van der Waals surface area contributed by atoms with Gasteiger partial charge in [-0.2, -0.15) is 0 Å². The van der Waals surface area contributed by atoms with E-state index in [2.05, 4.69) is 25.1 Å². The van der Waals surface area contributed by atoms with Crippen molar-refractivity contribution in [1.29, 1.82) is 0 Å². The fourth-order valence-electron chi connectivity index (χ4n) is 3.22. The van der Waals surface area contributed by atoms with E-state index in [0.29, 0.717) is 12.2 Å². The first kappa shape index (κ1) is 18.9. The minimum Gasteiger partial charge on any atom is -0.375 e. The van der Waals surface area contributed by atoms with Gasteiger partial charge in [-0.15, -0.1) is 0 Å². The van der Waals surface area contributed by atoms with Crippen molar-refractivity contribution in [3.63, 3.8) is 0 Å². The van der Waals surface area contributed by atoms with Gasteiger partial charge in [0.25, 0.3) is 0 Å². The van der Waals surface area contributed by atoms with E-state index < -0.39 is 0 Å². The van der Waals surface area contributed by atoms with E-state index in [-0.39, 0.29) is 5.82 Å². The lowest BCUT2D eigenvalue weighted by atomic mass is 10.2. The molecule has 0 atom stereocenters. The molecule has 0 saturated carbocycles. The normalized spacial score (nSPS) is 15.0. The van der Waals surface area contributed by atoms with Crippen LogP contribution in [-0.4, -0.2) is 63.2 Å². The Balaban J connectivity index is 1.55. The van der Waals surface area contributed by atoms with Crippen LogP contribution in [0.3, 0.4) is 0 Å². The van der Waals surface area contributed by atoms with Crippen LogP contribution in [0.4, 0.5) is 15.9 Å². The molecule has 2 aromatic rings. The highest BCUT2D eigenvalue weighted by Crippen LogP contribution is 2.18. The quantitative estimate of drug-likeness (QED) is 0.660. The van der Waals surface area contributed by atoms with Crippen LogP contribution >= 0.6 is 0 Å². The molecule has 0 bridgehead atoms. The van der Waals surface area contributed by atoms with Crippen molar-refractivity contribution in [2.24, 2.45) is 4.99 Å². The Morgan fingerprint density at radius 3 is 2.56 bits per heavy atom. The summed E-state index contributed by atoms with van der Waals surface area (Å²) in [5.74, 6) is 1.64. The molecular weight excluding hydrogens is 343 g/mol. The number of rotatable bonds is 4. The number of hydrogen-bond acceptors (Lipinski definition) is 4. The number of aliphatic imine (C=N–C) groups is 1. The van der Waals surface area contributed by atoms with Gasteiger partial charge in [0.1, 0.15) is 11.6 Å². The molecule has 1 aliphatic heterocycles. The third kappa shape index (κ3) is 4.67. The van der Waals surface area contributed by atoms with E-state index in [1.54, 1.807) is 24.1 Å². The predicted octanol–water partition coefficient (Wildman–Crippen LogP) is 2.18. The number of pyridine rings is 1. The second-order valence-electron chi connectivity index (χ2n) is 6.74. The van der Waals surface area contributed by atoms with E-state index in [0.717, 1.165) is 43.5 Å². The Hall–Kier alpha value is -2.83. The zero-order chi connectivity index (χ0) is 19.2. The van der Waals surface area contributed by atoms with Gasteiger partial charge in [0.15, 0.2) is 5.96 Å². The van der Waals surface area contributed by atoms with E-state index in [1.807, 2.05) is 44.6 Å². The number of nitrogens with one attached hydrogen (secondary N) is 1. The highest BCUT2D eigenvalue weighted by molar-refractivity contribution is 5.80. The Bertz CT molecular complexity index is 769. The van der Waals surface area contributed by atoms with Crippen LogP contribution in [0.25, 0.3) is 0 Å². The van der Waals surface area contributed by atoms with E-state index in [1.165, 1.54) is 0 Å². The van der Waals surface area contributed by atoms with Crippen LogP contribution in [0, 0.1) is 5.82 Å². The molecule has 6 nitrogen and oxygen atoms in total. The summed E-state index contributed by atoms with van der Waals surface area (Å²) < 4.78 is 14.1. The summed E-state index contributed by atoms with van der Waals surface area (Å²) in [6.45, 7) is 4.06. The molecule has 0 unspecified atom stereocenters. The molecule has 7 heteroatoms. The topological polar surface area (TPSA) is 47.0 Å². The zero-order valence-corrected chi connectivity index (χ0v) is 16.2. The average Bonchev–Trinajstić information content (AvgIpc) is 2.69. The molecule has 1 aromatic carbocycles. The molecule has 0 aliphatic carbocycles. The Morgan fingerprint density at radius 2 is 1.96 bits per heavy atom. The number of benzene rings is 1. The number of anilines is 2. The van der Waals surface area contributed by atoms with Crippen LogP contribution < -0.4 is 15.1 Å². The van der Waals surface area contributed by atoms with Crippen LogP contribution in [0.5, 0.6) is 0 Å². The average molecular weight is 370 g/mol. The molecule has 1 aliphatic rings. The molecule has 1 fully saturated rings. The van der Waals surface area contributed by atoms with Crippen LogP contribution in [0.1, 0.15) is 5.56 Å². The molecule has 0 spiro atoms. The largest absolute Gasteiger partial charge is 0.375 e. The molecule has 1 N–H and O–H groups in total. The SMILES string of the molecule is CN=C(NCc1ccc(N(C)C)c(F)c1)N1CCN(c2ccccn2)CC1.